The number of hydrogen-bond donors (Lipinski definition) is 4. The van der Waals surface area contributed by atoms with Gasteiger partial charge in [0.05, 0.1) is 13.2 Å². The second-order valence-electron chi connectivity index (χ2n) is 8.10. The minimum absolute atomic E-state index is 0.299. The first-order valence-corrected chi connectivity index (χ1v) is 9.97. The maximum atomic E-state index is 10.7. The van der Waals surface area contributed by atoms with E-state index in [9.17, 15) is 20.4 Å². The third-order valence-corrected chi connectivity index (χ3v) is 5.33. The topological polar surface area (TPSA) is 80.9 Å². The van der Waals surface area contributed by atoms with Gasteiger partial charge in [-0.1, -0.05) is 76.2 Å². The van der Waals surface area contributed by atoms with Gasteiger partial charge in [0, 0.05) is 0 Å². The van der Waals surface area contributed by atoms with Gasteiger partial charge in [-0.3, -0.25) is 0 Å². The van der Waals surface area contributed by atoms with Crippen LogP contribution in [0.1, 0.15) is 61.8 Å². The molecule has 0 saturated carbocycles. The van der Waals surface area contributed by atoms with Gasteiger partial charge in [-0.2, -0.15) is 0 Å². The van der Waals surface area contributed by atoms with E-state index in [0.29, 0.717) is 23.0 Å². The zero-order chi connectivity index (χ0) is 21.6. The Hall–Kier alpha value is -2.56. The lowest BCUT2D eigenvalue weighted by Crippen LogP contribution is -2.34. The van der Waals surface area contributed by atoms with Gasteiger partial charge >= 0.3 is 0 Å². The fourth-order valence-corrected chi connectivity index (χ4v) is 3.05. The molecular formula is C25H32O4. The molecule has 2 aromatic carbocycles. The zero-order valence-electron chi connectivity index (χ0n) is 17.6. The van der Waals surface area contributed by atoms with Gasteiger partial charge in [-0.15, -0.1) is 0 Å². The van der Waals surface area contributed by atoms with Crippen LogP contribution in [-0.2, 0) is 0 Å². The van der Waals surface area contributed by atoms with E-state index in [0.717, 1.165) is 0 Å². The number of aliphatic hydroxyl groups is 4. The predicted octanol–water partition coefficient (Wildman–Crippen LogP) is 5.40. The van der Waals surface area contributed by atoms with Crippen LogP contribution in [0, 0.1) is 5.41 Å². The predicted molar refractivity (Wildman–Crippen MR) is 119 cm³/mol. The smallest absolute Gasteiger partial charge is 0.130 e. The lowest BCUT2D eigenvalue weighted by molar-refractivity contribution is 0.0487. The summed E-state index contributed by atoms with van der Waals surface area (Å²) in [6.07, 6.45) is 2.92. The van der Waals surface area contributed by atoms with Crippen LogP contribution in [0.3, 0.4) is 0 Å². The SMILES string of the molecule is CC(C)c1ccc(C=C(O)C(CO)(CO)C(O)=Cc2ccc(C(C)C)cc2)cc1. The summed E-state index contributed by atoms with van der Waals surface area (Å²) in [6, 6.07) is 15.3. The van der Waals surface area contributed by atoms with Gasteiger partial charge in [-0.05, 0) is 46.2 Å². The minimum Gasteiger partial charge on any atom is -0.511 e. The number of aliphatic hydroxyl groups excluding tert-OH is 4. The van der Waals surface area contributed by atoms with Crippen molar-refractivity contribution in [2.75, 3.05) is 13.2 Å². The molecule has 2 rings (SSSR count). The molecular weight excluding hydrogens is 364 g/mol. The number of rotatable bonds is 8. The van der Waals surface area contributed by atoms with Crippen LogP contribution in [0.2, 0.25) is 0 Å². The van der Waals surface area contributed by atoms with Gasteiger partial charge in [-0.25, -0.2) is 0 Å². The molecule has 0 saturated heterocycles. The first-order chi connectivity index (χ1) is 13.7. The third-order valence-electron chi connectivity index (χ3n) is 5.33. The normalized spacial score (nSPS) is 13.4. The molecule has 4 nitrogen and oxygen atoms in total. The van der Waals surface area contributed by atoms with Gasteiger partial charge in [0.1, 0.15) is 16.9 Å². The Bertz CT molecular complexity index is 770. The van der Waals surface area contributed by atoms with E-state index in [-0.39, 0.29) is 11.5 Å². The Morgan fingerprint density at radius 3 is 1.24 bits per heavy atom. The van der Waals surface area contributed by atoms with E-state index < -0.39 is 18.6 Å². The summed E-state index contributed by atoms with van der Waals surface area (Å²) in [5, 5.41) is 41.3. The molecule has 0 aliphatic rings. The summed E-state index contributed by atoms with van der Waals surface area (Å²) in [5.41, 5.74) is 2.10. The van der Waals surface area contributed by atoms with Gasteiger partial charge < -0.3 is 20.4 Å². The molecule has 0 bridgehead atoms. The Morgan fingerprint density at radius 2 is 1.00 bits per heavy atom. The molecule has 0 heterocycles. The first-order valence-electron chi connectivity index (χ1n) is 9.97. The minimum atomic E-state index is -1.67. The molecule has 4 N–H and O–H groups in total. The molecule has 2 aromatic rings. The van der Waals surface area contributed by atoms with Crippen LogP contribution in [0.4, 0.5) is 0 Å². The first kappa shape index (κ1) is 22.7. The van der Waals surface area contributed by atoms with Gasteiger partial charge in [0.25, 0.3) is 0 Å². The van der Waals surface area contributed by atoms with Crippen LogP contribution < -0.4 is 0 Å². The van der Waals surface area contributed by atoms with E-state index in [1.165, 1.54) is 23.3 Å². The molecule has 0 aromatic heterocycles. The molecule has 4 heteroatoms. The van der Waals surface area contributed by atoms with Gasteiger partial charge in [0.2, 0.25) is 0 Å². The number of hydrogen-bond acceptors (Lipinski definition) is 4. The molecule has 0 spiro atoms. The van der Waals surface area contributed by atoms with E-state index in [1.54, 1.807) is 0 Å². The Labute approximate surface area is 173 Å². The van der Waals surface area contributed by atoms with Crippen LogP contribution in [0.25, 0.3) is 12.2 Å². The average Bonchev–Trinajstić information content (AvgIpc) is 2.70. The molecule has 0 radical (unpaired) electrons. The van der Waals surface area contributed by atoms with Crippen molar-refractivity contribution in [2.45, 2.75) is 39.5 Å². The fourth-order valence-electron chi connectivity index (χ4n) is 3.05. The van der Waals surface area contributed by atoms with Crippen molar-refractivity contribution in [3.63, 3.8) is 0 Å². The van der Waals surface area contributed by atoms with Gasteiger partial charge in [0.15, 0.2) is 0 Å². The quantitative estimate of drug-likeness (QED) is 0.450. The second kappa shape index (κ2) is 9.77. The van der Waals surface area contributed by atoms with Crippen molar-refractivity contribution in [3.05, 3.63) is 82.3 Å². The lowest BCUT2D eigenvalue weighted by Gasteiger charge is -2.28. The lowest BCUT2D eigenvalue weighted by atomic mass is 9.83. The highest BCUT2D eigenvalue weighted by Crippen LogP contribution is 2.34. The van der Waals surface area contributed by atoms with Crippen molar-refractivity contribution in [3.8, 4) is 0 Å². The van der Waals surface area contributed by atoms with E-state index in [1.807, 2.05) is 48.5 Å². The second-order valence-corrected chi connectivity index (χ2v) is 8.10. The summed E-state index contributed by atoms with van der Waals surface area (Å²) in [6.45, 7) is 7.12. The van der Waals surface area contributed by atoms with Crippen LogP contribution >= 0.6 is 0 Å². The summed E-state index contributed by atoms with van der Waals surface area (Å²) in [5.74, 6) is 0.189. The van der Waals surface area contributed by atoms with Crippen molar-refractivity contribution < 1.29 is 20.4 Å². The maximum absolute atomic E-state index is 10.7. The van der Waals surface area contributed by atoms with Crippen LogP contribution in [-0.4, -0.2) is 33.6 Å². The Morgan fingerprint density at radius 1 is 0.690 bits per heavy atom. The van der Waals surface area contributed by atoms with Crippen molar-refractivity contribution in [1.82, 2.24) is 0 Å². The van der Waals surface area contributed by atoms with E-state index in [2.05, 4.69) is 27.7 Å². The highest BCUT2D eigenvalue weighted by atomic mass is 16.3. The fraction of sp³-hybridized carbons (Fsp3) is 0.360. The highest BCUT2D eigenvalue weighted by Gasteiger charge is 2.38. The molecule has 0 unspecified atom stereocenters. The molecule has 29 heavy (non-hydrogen) atoms. The number of benzene rings is 2. The Balaban J connectivity index is 2.37. The van der Waals surface area contributed by atoms with E-state index >= 15 is 0 Å². The molecule has 0 aliphatic heterocycles. The monoisotopic (exact) mass is 396 g/mol. The molecule has 0 aliphatic carbocycles. The summed E-state index contributed by atoms with van der Waals surface area (Å²) < 4.78 is 0. The standard InChI is InChI=1S/C25H32O4/c1-17(2)21-9-5-19(6-10-21)13-23(28)25(15-26,16-27)24(29)14-20-7-11-22(12-8-20)18(3)4/h5-14,17-18,26-29H,15-16H2,1-4H3. The largest absolute Gasteiger partial charge is 0.511 e. The van der Waals surface area contributed by atoms with Crippen LogP contribution in [0.15, 0.2) is 60.0 Å². The molecule has 156 valence electrons. The van der Waals surface area contributed by atoms with Crippen molar-refractivity contribution >= 4 is 12.2 Å². The van der Waals surface area contributed by atoms with Crippen LogP contribution in [0.5, 0.6) is 0 Å². The highest BCUT2D eigenvalue weighted by molar-refractivity contribution is 5.58. The molecule has 0 amide bonds. The van der Waals surface area contributed by atoms with Crippen molar-refractivity contribution in [1.29, 1.82) is 0 Å². The molecule has 0 atom stereocenters. The van der Waals surface area contributed by atoms with E-state index in [4.69, 9.17) is 0 Å². The Kier molecular flexibility index (Phi) is 7.66. The van der Waals surface area contributed by atoms with Crippen molar-refractivity contribution in [2.24, 2.45) is 5.41 Å². The third kappa shape index (κ3) is 5.28. The zero-order valence-corrected chi connectivity index (χ0v) is 17.6. The maximum Gasteiger partial charge on any atom is 0.130 e. The molecule has 0 fully saturated rings. The summed E-state index contributed by atoms with van der Waals surface area (Å²) >= 11 is 0. The summed E-state index contributed by atoms with van der Waals surface area (Å²) in [7, 11) is 0. The average molecular weight is 397 g/mol. The summed E-state index contributed by atoms with van der Waals surface area (Å²) in [4.78, 5) is 0.